The van der Waals surface area contributed by atoms with Gasteiger partial charge >= 0.3 is 0 Å². The second kappa shape index (κ2) is 16.7. The Morgan fingerprint density at radius 1 is 0.422 bits per heavy atom. The molecule has 0 spiro atoms. The Morgan fingerprint density at radius 2 is 0.988 bits per heavy atom. The third-order valence-corrected chi connectivity index (χ3v) is 16.6. The van der Waals surface area contributed by atoms with Crippen LogP contribution in [0.15, 0.2) is 245 Å². The van der Waals surface area contributed by atoms with Crippen LogP contribution in [0.4, 0.5) is 5.69 Å². The topological polar surface area (TPSA) is 74.1 Å². The molecule has 0 N–H and O–H groups in total. The minimum Gasteiger partial charge on any atom is -0.454 e. The van der Waals surface area contributed by atoms with Gasteiger partial charge in [-0.1, -0.05) is 169 Å². The zero-order chi connectivity index (χ0) is 65.1. The lowest BCUT2D eigenvalue weighted by Crippen LogP contribution is -2.14. The highest BCUT2D eigenvalue weighted by molar-refractivity contribution is 6.25. The van der Waals surface area contributed by atoms with Crippen LogP contribution in [-0.4, -0.2) is 18.3 Å². The molecule has 6 aromatic heterocycles. The summed E-state index contributed by atoms with van der Waals surface area (Å²) < 4.78 is 134. The van der Waals surface area contributed by atoms with E-state index in [1.165, 1.54) is 4.57 Å². The number of aromatic nitrogens is 4. The standard InChI is InChI=1S/C75H42N6O2/c1-43-32-38-63-56(40-43)52-34-36-54-50-24-10-16-30-65(50)82-74(54)70(52)80(63)68-58(42-76)69(78-59-26-12-6-20-46(59)47-21-7-13-27-60(47)78)73(72(67(68)77-2)79-61-28-14-8-22-48(61)49-23-9-15-29-62(49)79)81-64-39-33-45(44-18-4-3-5-19-44)41-57(64)53-35-37-55-51-25-11-17-31-66(51)83-75(55)71(53)81/h3-41H,1H3/i1D3,10D,16D,24D,30D,32D,34D,36D,38D,40D. The summed E-state index contributed by atoms with van der Waals surface area (Å²) in [5.74, 6) is 0. The first-order valence-electron chi connectivity index (χ1n) is 32.9. The fourth-order valence-electron chi connectivity index (χ4n) is 13.3. The molecule has 18 aromatic rings. The molecule has 0 aliphatic heterocycles. The molecule has 0 atom stereocenters. The van der Waals surface area contributed by atoms with Crippen LogP contribution >= 0.6 is 0 Å². The van der Waals surface area contributed by atoms with E-state index in [2.05, 4.69) is 27.6 Å². The van der Waals surface area contributed by atoms with Gasteiger partial charge in [-0.25, -0.2) is 4.85 Å². The molecule has 0 unspecified atom stereocenters. The molecule has 0 aliphatic rings. The van der Waals surface area contributed by atoms with E-state index in [0.29, 0.717) is 50.0 Å². The molecule has 8 heteroatoms. The van der Waals surface area contributed by atoms with Crippen molar-refractivity contribution in [3.8, 4) is 39.9 Å². The number of furan rings is 2. The van der Waals surface area contributed by atoms with Crippen LogP contribution in [0.25, 0.3) is 170 Å². The number of nitrogens with zero attached hydrogens (tertiary/aromatic N) is 6. The van der Waals surface area contributed by atoms with Gasteiger partial charge < -0.3 is 27.1 Å². The maximum absolute atomic E-state index is 13.0. The van der Waals surface area contributed by atoms with Crippen LogP contribution in [-0.2, 0) is 0 Å². The lowest BCUT2D eigenvalue weighted by molar-refractivity contribution is 0.670. The smallest absolute Gasteiger partial charge is 0.237 e. The zero-order valence-corrected chi connectivity index (χ0v) is 43.3. The Labute approximate surface area is 489 Å². The summed E-state index contributed by atoms with van der Waals surface area (Å²) in [5, 5.41) is 18.1. The number of para-hydroxylation sites is 6. The van der Waals surface area contributed by atoms with Crippen molar-refractivity contribution in [2.75, 3.05) is 0 Å². The van der Waals surface area contributed by atoms with E-state index in [1.54, 1.807) is 0 Å². The predicted molar refractivity (Wildman–Crippen MR) is 340 cm³/mol. The summed E-state index contributed by atoms with van der Waals surface area (Å²) in [4.78, 5) is 4.63. The van der Waals surface area contributed by atoms with E-state index < -0.39 is 83.3 Å². The van der Waals surface area contributed by atoms with Crippen molar-refractivity contribution in [3.63, 3.8) is 0 Å². The average Bonchev–Trinajstić information content (AvgIpc) is 1.54. The van der Waals surface area contributed by atoms with E-state index in [0.717, 1.165) is 54.2 Å². The minimum absolute atomic E-state index is 0.170. The number of hydrogen-bond donors (Lipinski definition) is 0. The molecule has 8 nitrogen and oxygen atoms in total. The van der Waals surface area contributed by atoms with Crippen molar-refractivity contribution >= 4 is 137 Å². The summed E-state index contributed by atoms with van der Waals surface area (Å²) in [6.45, 7) is 6.89. The fraction of sp³-hybridized carbons (Fsp3) is 0.0133. The van der Waals surface area contributed by atoms with Crippen molar-refractivity contribution in [3.05, 3.63) is 259 Å². The summed E-state index contributed by atoms with van der Waals surface area (Å²) in [5.41, 5.74) is 4.22. The van der Waals surface area contributed by atoms with E-state index in [9.17, 15) is 21.4 Å². The van der Waals surface area contributed by atoms with Crippen LogP contribution in [0.3, 0.4) is 0 Å². The third kappa shape index (κ3) is 6.00. The molecule has 18 rings (SSSR count). The van der Waals surface area contributed by atoms with E-state index >= 15 is 0 Å². The Bertz CT molecular complexity index is 6410. The molecule has 12 aromatic carbocycles. The van der Waals surface area contributed by atoms with Crippen molar-refractivity contribution < 1.29 is 25.3 Å². The van der Waals surface area contributed by atoms with Gasteiger partial charge in [-0.2, -0.15) is 5.26 Å². The zero-order valence-electron chi connectivity index (χ0n) is 55.3. The van der Waals surface area contributed by atoms with Gasteiger partial charge in [0.25, 0.3) is 0 Å². The van der Waals surface area contributed by atoms with Gasteiger partial charge in [-0.3, -0.25) is 0 Å². The Morgan fingerprint density at radius 3 is 1.67 bits per heavy atom. The van der Waals surface area contributed by atoms with Crippen LogP contribution in [0.2, 0.25) is 0 Å². The summed E-state index contributed by atoms with van der Waals surface area (Å²) >= 11 is 0. The van der Waals surface area contributed by atoms with Gasteiger partial charge in [-0.15, -0.1) is 0 Å². The lowest BCUT2D eigenvalue weighted by Gasteiger charge is -2.27. The predicted octanol–water partition coefficient (Wildman–Crippen LogP) is 20.3. The van der Waals surface area contributed by atoms with Crippen molar-refractivity contribution in [2.24, 2.45) is 0 Å². The fourth-order valence-corrected chi connectivity index (χ4v) is 13.3. The van der Waals surface area contributed by atoms with E-state index in [4.69, 9.17) is 15.7 Å². The van der Waals surface area contributed by atoms with Gasteiger partial charge in [0.1, 0.15) is 17.2 Å². The van der Waals surface area contributed by atoms with Gasteiger partial charge in [-0.05, 0) is 90.7 Å². The molecule has 0 saturated carbocycles. The first-order valence-corrected chi connectivity index (χ1v) is 26.9. The number of fused-ring (bicyclic) bond motifs is 20. The summed E-state index contributed by atoms with van der Waals surface area (Å²) in [6.07, 6.45) is 0. The Balaban J connectivity index is 1.19. The van der Waals surface area contributed by atoms with Gasteiger partial charge in [0, 0.05) is 68.7 Å². The Kier molecular flexibility index (Phi) is 7.08. The Hall–Kier alpha value is -11.6. The molecule has 384 valence electrons. The van der Waals surface area contributed by atoms with Crippen LogP contribution in [0.1, 0.15) is 27.6 Å². The highest BCUT2D eigenvalue weighted by Gasteiger charge is 2.36. The number of benzene rings is 12. The second-order valence-electron chi connectivity index (χ2n) is 20.7. The molecule has 83 heavy (non-hydrogen) atoms. The summed E-state index contributed by atoms with van der Waals surface area (Å²) in [7, 11) is 0. The maximum Gasteiger partial charge on any atom is 0.237 e. The number of rotatable bonds is 5. The van der Waals surface area contributed by atoms with Crippen molar-refractivity contribution in [1.82, 2.24) is 18.3 Å². The van der Waals surface area contributed by atoms with Crippen LogP contribution in [0, 0.1) is 24.8 Å². The largest absolute Gasteiger partial charge is 0.454 e. The maximum atomic E-state index is 13.0. The molecule has 0 bridgehead atoms. The van der Waals surface area contributed by atoms with Crippen molar-refractivity contribution in [1.29, 1.82) is 5.26 Å². The lowest BCUT2D eigenvalue weighted by atomic mass is 10.0. The third-order valence-electron chi connectivity index (χ3n) is 16.6. The first-order chi connectivity index (χ1) is 46.0. The van der Waals surface area contributed by atoms with Gasteiger partial charge in [0.15, 0.2) is 11.2 Å². The van der Waals surface area contributed by atoms with E-state index in [1.807, 2.05) is 179 Å². The monoisotopic (exact) mass is 1070 g/mol. The number of nitriles is 1. The van der Waals surface area contributed by atoms with Crippen LogP contribution in [0.5, 0.6) is 0 Å². The first kappa shape index (κ1) is 35.1. The molecule has 0 amide bonds. The highest BCUT2D eigenvalue weighted by atomic mass is 16.3. The summed E-state index contributed by atoms with van der Waals surface area (Å²) in [6, 6.07) is 55.4. The van der Waals surface area contributed by atoms with Gasteiger partial charge in [0.05, 0.1) is 91.4 Å². The van der Waals surface area contributed by atoms with Crippen LogP contribution < -0.4 is 0 Å². The molecule has 0 aliphatic carbocycles. The SMILES string of the molecule is [2H]c1c([2H])c([2H])c2c(oc3c2c([2H])c([2H])c2c4c([2H])c(C([2H])([2H])[2H])c([2H])c([2H])c4n(-c4c(C#N)c(-n5c6ccccc6c6ccccc65)c(-n5c6ccc(-c7ccccc7)cc6c6ccc7c8ccccc8oc7c65)c(-n5c6ccccc6c6ccccc65)c4[N+]#[C-])c32)c1[2H]. The minimum atomic E-state index is -3.19. The molecule has 6 heterocycles. The average molecular weight is 1070 g/mol. The molecule has 0 saturated heterocycles. The molecular formula is C75H42N6O2. The normalized spacial score (nSPS) is 14.3. The number of hydrogen-bond acceptors (Lipinski definition) is 3. The van der Waals surface area contributed by atoms with Crippen molar-refractivity contribution in [2.45, 2.75) is 6.85 Å². The quantitative estimate of drug-likeness (QED) is 0.161. The second-order valence-corrected chi connectivity index (χ2v) is 20.7. The molecular weight excluding hydrogens is 1020 g/mol. The highest BCUT2D eigenvalue weighted by Crippen LogP contribution is 2.54. The molecule has 0 radical (unpaired) electrons. The van der Waals surface area contributed by atoms with Gasteiger partial charge in [0.2, 0.25) is 5.69 Å². The van der Waals surface area contributed by atoms with E-state index in [-0.39, 0.29) is 55.6 Å². The molecule has 0 fully saturated rings.